The molecular weight excluding hydrogens is 346 g/mol. The molecule has 4 bridgehead atoms. The third kappa shape index (κ3) is 1.83. The molecule has 0 radical (unpaired) electrons. The van der Waals surface area contributed by atoms with E-state index in [2.05, 4.69) is 18.4 Å². The number of ether oxygens (including phenoxy) is 1. The normalized spacial score (nSPS) is 57.8. The summed E-state index contributed by atoms with van der Waals surface area (Å²) in [7, 11) is 0. The number of piperidine rings is 1. The fourth-order valence-electron chi connectivity index (χ4n) is 9.34. The van der Waals surface area contributed by atoms with E-state index in [-0.39, 0.29) is 23.9 Å². The molecule has 2 aliphatic heterocycles. The summed E-state index contributed by atoms with van der Waals surface area (Å²) in [5.74, 6) is 2.09. The van der Waals surface area contributed by atoms with Gasteiger partial charge in [0.15, 0.2) is 0 Å². The van der Waals surface area contributed by atoms with Gasteiger partial charge in [0.05, 0.1) is 12.7 Å². The molecule has 0 amide bonds. The van der Waals surface area contributed by atoms with Crippen molar-refractivity contribution in [2.75, 3.05) is 19.7 Å². The quantitative estimate of drug-likeness (QED) is 0.646. The van der Waals surface area contributed by atoms with Crippen LogP contribution in [0.15, 0.2) is 12.2 Å². The standard InChI is InChI=1S/C22H33NO2.ClH/c1-14-15-4-5-17-21(12-15,18(14)24)9-6-16-20(2)7-3-8-22(16,17)13-23-10-11-25-19(20)23;/h15-19,24H,1,3-13H2,2H3;1H/t15-,16-,17-,18+,19-,20-,21-,22+;/m1./s1. The van der Waals surface area contributed by atoms with Gasteiger partial charge in [0.1, 0.15) is 6.23 Å². The second-order valence-corrected chi connectivity index (χ2v) is 10.6. The molecule has 0 aromatic heterocycles. The molecule has 0 aromatic carbocycles. The van der Waals surface area contributed by atoms with Gasteiger partial charge >= 0.3 is 0 Å². The molecule has 2 heterocycles. The van der Waals surface area contributed by atoms with Crippen molar-refractivity contribution in [1.82, 2.24) is 4.90 Å². The Kier molecular flexibility index (Phi) is 3.80. The monoisotopic (exact) mass is 379 g/mol. The number of nitrogens with zero attached hydrogens (tertiary/aromatic N) is 1. The van der Waals surface area contributed by atoms with E-state index < -0.39 is 0 Å². The number of aliphatic hydroxyl groups is 1. The van der Waals surface area contributed by atoms with Crippen LogP contribution >= 0.6 is 12.4 Å². The highest BCUT2D eigenvalue weighted by Crippen LogP contribution is 2.74. The van der Waals surface area contributed by atoms with E-state index in [4.69, 9.17) is 4.74 Å². The van der Waals surface area contributed by atoms with Crippen molar-refractivity contribution in [3.8, 4) is 0 Å². The minimum Gasteiger partial charge on any atom is -0.388 e. The van der Waals surface area contributed by atoms with Crippen LogP contribution in [0.2, 0.25) is 0 Å². The van der Waals surface area contributed by atoms with Gasteiger partial charge in [-0.2, -0.15) is 0 Å². The molecule has 8 atom stereocenters. The zero-order valence-electron chi connectivity index (χ0n) is 16.1. The van der Waals surface area contributed by atoms with Gasteiger partial charge in [-0.25, -0.2) is 0 Å². The first kappa shape index (κ1) is 18.0. The average Bonchev–Trinajstić information content (AvgIpc) is 3.13. The summed E-state index contributed by atoms with van der Waals surface area (Å²) in [6.07, 6.45) is 10.5. The van der Waals surface area contributed by atoms with Crippen molar-refractivity contribution < 1.29 is 9.84 Å². The molecule has 2 saturated heterocycles. The number of aliphatic hydroxyl groups excluding tert-OH is 1. The molecule has 1 spiro atoms. The van der Waals surface area contributed by atoms with Crippen LogP contribution in [0.3, 0.4) is 0 Å². The van der Waals surface area contributed by atoms with Crippen LogP contribution in [0.1, 0.15) is 58.3 Å². The minimum absolute atomic E-state index is 0. The number of halogens is 1. The van der Waals surface area contributed by atoms with E-state index in [1.165, 1.54) is 63.5 Å². The summed E-state index contributed by atoms with van der Waals surface area (Å²) in [4.78, 5) is 2.69. The first-order chi connectivity index (χ1) is 12.0. The predicted octanol–water partition coefficient (Wildman–Crippen LogP) is 4.00. The van der Waals surface area contributed by atoms with Crippen molar-refractivity contribution in [3.05, 3.63) is 12.2 Å². The first-order valence-corrected chi connectivity index (χ1v) is 10.7. The van der Waals surface area contributed by atoms with Gasteiger partial charge in [-0.05, 0) is 73.7 Å². The fourth-order valence-corrected chi connectivity index (χ4v) is 9.34. The summed E-state index contributed by atoms with van der Waals surface area (Å²) in [6.45, 7) is 10.1. The molecule has 6 aliphatic rings. The molecular formula is C22H34ClNO2. The summed E-state index contributed by atoms with van der Waals surface area (Å²) in [5.41, 5.74) is 2.08. The highest BCUT2D eigenvalue weighted by atomic mass is 35.5. The summed E-state index contributed by atoms with van der Waals surface area (Å²) < 4.78 is 6.29. The highest BCUT2D eigenvalue weighted by Gasteiger charge is 2.71. The van der Waals surface area contributed by atoms with Crippen molar-refractivity contribution in [1.29, 1.82) is 0 Å². The maximum absolute atomic E-state index is 11.3. The molecule has 0 aromatic rings. The van der Waals surface area contributed by atoms with Crippen LogP contribution in [0.25, 0.3) is 0 Å². The second kappa shape index (κ2) is 5.49. The van der Waals surface area contributed by atoms with Crippen LogP contribution in [0, 0.1) is 34.0 Å². The zero-order chi connectivity index (χ0) is 17.0. The van der Waals surface area contributed by atoms with E-state index >= 15 is 0 Å². The van der Waals surface area contributed by atoms with Gasteiger partial charge in [-0.1, -0.05) is 19.9 Å². The van der Waals surface area contributed by atoms with Crippen LogP contribution in [0.4, 0.5) is 0 Å². The molecule has 4 heteroatoms. The second-order valence-electron chi connectivity index (χ2n) is 10.6. The predicted molar refractivity (Wildman–Crippen MR) is 104 cm³/mol. The number of rotatable bonds is 0. The molecule has 4 aliphatic carbocycles. The van der Waals surface area contributed by atoms with Gasteiger partial charge in [0.2, 0.25) is 0 Å². The van der Waals surface area contributed by atoms with E-state index in [0.717, 1.165) is 19.1 Å². The van der Waals surface area contributed by atoms with Crippen molar-refractivity contribution in [3.63, 3.8) is 0 Å². The number of fused-ring (bicyclic) bond motifs is 3. The molecule has 26 heavy (non-hydrogen) atoms. The topological polar surface area (TPSA) is 32.7 Å². The third-order valence-corrected chi connectivity index (χ3v) is 10.0. The van der Waals surface area contributed by atoms with Gasteiger partial charge in [0, 0.05) is 23.9 Å². The Morgan fingerprint density at radius 3 is 2.81 bits per heavy atom. The lowest BCUT2D eigenvalue weighted by molar-refractivity contribution is -0.259. The largest absolute Gasteiger partial charge is 0.388 e. The summed E-state index contributed by atoms with van der Waals surface area (Å²) in [6, 6.07) is 0. The Labute approximate surface area is 163 Å². The molecule has 4 saturated carbocycles. The lowest BCUT2D eigenvalue weighted by Crippen LogP contribution is -2.70. The smallest absolute Gasteiger partial charge is 0.116 e. The van der Waals surface area contributed by atoms with Gasteiger partial charge in [0.25, 0.3) is 0 Å². The molecule has 6 rings (SSSR count). The molecule has 6 fully saturated rings. The molecule has 146 valence electrons. The number of hydrogen-bond donors (Lipinski definition) is 1. The Bertz CT molecular complexity index is 640. The maximum atomic E-state index is 11.3. The Morgan fingerprint density at radius 1 is 1.12 bits per heavy atom. The van der Waals surface area contributed by atoms with Crippen molar-refractivity contribution in [2.45, 2.75) is 70.6 Å². The van der Waals surface area contributed by atoms with Gasteiger partial charge < -0.3 is 9.84 Å². The van der Waals surface area contributed by atoms with E-state index in [9.17, 15) is 5.11 Å². The highest BCUT2D eigenvalue weighted by molar-refractivity contribution is 5.85. The van der Waals surface area contributed by atoms with Crippen LogP contribution in [-0.2, 0) is 4.74 Å². The van der Waals surface area contributed by atoms with Crippen molar-refractivity contribution >= 4 is 12.4 Å². The fraction of sp³-hybridized carbons (Fsp3) is 0.909. The lowest BCUT2D eigenvalue weighted by atomic mass is 9.38. The SMILES string of the molecule is C=C1[C@@H]2CC[C@H]3[C@]45CCC[C@](C)([C@H]4CC[C@]3(C2)[C@H]1O)[C@H]1OCCN1C5.Cl. The van der Waals surface area contributed by atoms with Crippen LogP contribution in [0.5, 0.6) is 0 Å². The number of hydrogen-bond acceptors (Lipinski definition) is 3. The molecule has 0 unspecified atom stereocenters. The Hall–Kier alpha value is -0.0900. The first-order valence-electron chi connectivity index (χ1n) is 10.7. The lowest BCUT2D eigenvalue weighted by Gasteiger charge is -2.70. The van der Waals surface area contributed by atoms with E-state index in [0.29, 0.717) is 28.9 Å². The Morgan fingerprint density at radius 2 is 1.96 bits per heavy atom. The summed E-state index contributed by atoms with van der Waals surface area (Å²) >= 11 is 0. The van der Waals surface area contributed by atoms with Gasteiger partial charge in [-0.15, -0.1) is 12.4 Å². The van der Waals surface area contributed by atoms with E-state index in [1.54, 1.807) is 0 Å². The van der Waals surface area contributed by atoms with Crippen molar-refractivity contribution in [2.24, 2.45) is 34.0 Å². The molecule has 1 N–H and O–H groups in total. The zero-order valence-corrected chi connectivity index (χ0v) is 16.9. The van der Waals surface area contributed by atoms with Crippen LogP contribution < -0.4 is 0 Å². The third-order valence-electron chi connectivity index (χ3n) is 10.0. The van der Waals surface area contributed by atoms with Crippen LogP contribution in [-0.4, -0.2) is 42.0 Å². The average molecular weight is 380 g/mol. The van der Waals surface area contributed by atoms with E-state index in [1.807, 2.05) is 0 Å². The Balaban J connectivity index is 0.00000150. The molecule has 3 nitrogen and oxygen atoms in total. The summed E-state index contributed by atoms with van der Waals surface area (Å²) in [5, 5.41) is 11.3. The van der Waals surface area contributed by atoms with Gasteiger partial charge in [-0.3, -0.25) is 4.90 Å². The minimum atomic E-state index is -0.235. The maximum Gasteiger partial charge on any atom is 0.116 e.